The number of aromatic nitrogens is 1. The molecule has 1 amide bonds. The second-order valence-electron chi connectivity index (χ2n) is 5.49. The van der Waals surface area contributed by atoms with E-state index in [4.69, 9.17) is 37.4 Å². The highest BCUT2D eigenvalue weighted by atomic mass is 35.5. The first-order chi connectivity index (χ1) is 13.7. The van der Waals surface area contributed by atoms with E-state index in [1.165, 1.54) is 20.3 Å². The van der Waals surface area contributed by atoms with E-state index in [0.717, 1.165) is 12.1 Å². The summed E-state index contributed by atoms with van der Waals surface area (Å²) in [5.74, 6) is -1.67. The van der Waals surface area contributed by atoms with E-state index in [2.05, 4.69) is 10.3 Å². The molecule has 1 N–H and O–H groups in total. The Hall–Kier alpha value is -3.11. The first-order valence-corrected chi connectivity index (χ1v) is 8.63. The zero-order valence-electron chi connectivity index (χ0n) is 15.4. The molecule has 10 nitrogen and oxygen atoms in total. The Morgan fingerprint density at radius 1 is 1.14 bits per heavy atom. The minimum atomic E-state index is -1.10. The molecule has 0 fully saturated rings. The van der Waals surface area contributed by atoms with Crippen LogP contribution in [0.4, 0.5) is 11.5 Å². The fourth-order valence-electron chi connectivity index (χ4n) is 2.21. The second kappa shape index (κ2) is 9.39. The van der Waals surface area contributed by atoms with Crippen molar-refractivity contribution in [2.75, 3.05) is 26.1 Å². The van der Waals surface area contributed by atoms with Crippen LogP contribution in [0.2, 0.25) is 10.0 Å². The van der Waals surface area contributed by atoms with Crippen LogP contribution in [0.25, 0.3) is 0 Å². The third-order valence-electron chi connectivity index (χ3n) is 3.62. The molecular formula is C17H15Cl2N3O7. The molecule has 154 valence electrons. The van der Waals surface area contributed by atoms with Crippen LogP contribution in [0, 0.1) is 17.0 Å². The third-order valence-corrected chi connectivity index (χ3v) is 4.29. The molecule has 29 heavy (non-hydrogen) atoms. The summed E-state index contributed by atoms with van der Waals surface area (Å²) in [6.07, 6.45) is 0. The van der Waals surface area contributed by atoms with Crippen molar-refractivity contribution in [3.05, 3.63) is 49.6 Å². The largest absolute Gasteiger partial charge is 0.493 e. The lowest BCUT2D eigenvalue weighted by Gasteiger charge is -2.11. The number of esters is 1. The van der Waals surface area contributed by atoms with Gasteiger partial charge in [0.05, 0.1) is 40.9 Å². The number of hydrogen-bond donors (Lipinski definition) is 1. The standard InChI is InChI=1S/C17H15Cl2N3O7/c1-8-10(18)5-11(19)16(20-8)21-15(23)7-29-17(24)9-4-13(27-2)14(28-3)6-12(9)22(25)26/h4-6H,7H2,1-3H3,(H,20,21,23). The van der Waals surface area contributed by atoms with Gasteiger partial charge in [0.15, 0.2) is 23.9 Å². The van der Waals surface area contributed by atoms with Crippen molar-refractivity contribution in [3.8, 4) is 11.5 Å². The van der Waals surface area contributed by atoms with Gasteiger partial charge in [-0.3, -0.25) is 14.9 Å². The van der Waals surface area contributed by atoms with Crippen LogP contribution in [0.15, 0.2) is 18.2 Å². The van der Waals surface area contributed by atoms with Gasteiger partial charge in [0.1, 0.15) is 5.56 Å². The molecule has 0 radical (unpaired) electrons. The van der Waals surface area contributed by atoms with Crippen LogP contribution in [0.1, 0.15) is 16.1 Å². The van der Waals surface area contributed by atoms with Crippen LogP contribution in [-0.2, 0) is 9.53 Å². The second-order valence-corrected chi connectivity index (χ2v) is 6.31. The number of halogens is 2. The number of pyridine rings is 1. The number of rotatable bonds is 7. The average Bonchev–Trinajstić information content (AvgIpc) is 2.68. The SMILES string of the molecule is COc1cc(C(=O)OCC(=O)Nc2nc(C)c(Cl)cc2Cl)c([N+](=O)[O-])cc1OC. The fourth-order valence-corrected chi connectivity index (χ4v) is 2.61. The minimum Gasteiger partial charge on any atom is -0.493 e. The van der Waals surface area contributed by atoms with Crippen LogP contribution >= 0.6 is 23.2 Å². The molecule has 1 aromatic carbocycles. The number of nitro groups is 1. The van der Waals surface area contributed by atoms with Crippen molar-refractivity contribution in [3.63, 3.8) is 0 Å². The van der Waals surface area contributed by atoms with Gasteiger partial charge in [-0.05, 0) is 13.0 Å². The zero-order chi connectivity index (χ0) is 21.7. The fraction of sp³-hybridized carbons (Fsp3) is 0.235. The third kappa shape index (κ3) is 5.24. The predicted octanol–water partition coefficient (Wildman–Crippen LogP) is 3.42. The van der Waals surface area contributed by atoms with E-state index in [9.17, 15) is 19.7 Å². The number of nitrogens with one attached hydrogen (secondary N) is 1. The Balaban J connectivity index is 2.15. The normalized spacial score (nSPS) is 10.2. The maximum atomic E-state index is 12.3. The van der Waals surface area contributed by atoms with E-state index in [-0.39, 0.29) is 22.3 Å². The van der Waals surface area contributed by atoms with Crippen LogP contribution in [0.3, 0.4) is 0 Å². The summed E-state index contributed by atoms with van der Waals surface area (Å²) in [5.41, 5.74) is -0.533. The van der Waals surface area contributed by atoms with Crippen LogP contribution in [0.5, 0.6) is 11.5 Å². The molecule has 0 bridgehead atoms. The maximum absolute atomic E-state index is 12.3. The Bertz CT molecular complexity index is 982. The highest BCUT2D eigenvalue weighted by Gasteiger charge is 2.26. The number of benzene rings is 1. The Morgan fingerprint density at radius 2 is 1.76 bits per heavy atom. The number of carbonyl (C=O) groups excluding carboxylic acids is 2. The van der Waals surface area contributed by atoms with Gasteiger partial charge in [0.25, 0.3) is 11.6 Å². The van der Waals surface area contributed by atoms with E-state index in [0.29, 0.717) is 10.7 Å². The number of nitrogens with zero attached hydrogens (tertiary/aromatic N) is 2. The molecule has 0 aliphatic rings. The summed E-state index contributed by atoms with van der Waals surface area (Å²) >= 11 is 11.8. The molecule has 12 heteroatoms. The number of hydrogen-bond acceptors (Lipinski definition) is 8. The van der Waals surface area contributed by atoms with Gasteiger partial charge in [-0.1, -0.05) is 23.2 Å². The van der Waals surface area contributed by atoms with Crippen molar-refractivity contribution < 1.29 is 28.7 Å². The Morgan fingerprint density at radius 3 is 2.34 bits per heavy atom. The summed E-state index contributed by atoms with van der Waals surface area (Å²) in [7, 11) is 2.60. The molecule has 1 heterocycles. The predicted molar refractivity (Wildman–Crippen MR) is 104 cm³/mol. The van der Waals surface area contributed by atoms with Gasteiger partial charge in [-0.25, -0.2) is 9.78 Å². The van der Waals surface area contributed by atoms with Crippen LogP contribution in [-0.4, -0.2) is 42.6 Å². The topological polar surface area (TPSA) is 130 Å². The highest BCUT2D eigenvalue weighted by molar-refractivity contribution is 6.36. The summed E-state index contributed by atoms with van der Waals surface area (Å²) in [6, 6.07) is 3.52. The number of aryl methyl sites for hydroxylation is 1. The smallest absolute Gasteiger partial charge is 0.345 e. The molecule has 0 aliphatic carbocycles. The first kappa shape index (κ1) is 22.2. The summed E-state index contributed by atoms with van der Waals surface area (Å²) in [6.45, 7) is 0.883. The summed E-state index contributed by atoms with van der Waals surface area (Å²) in [4.78, 5) is 38.8. The lowest BCUT2D eigenvalue weighted by molar-refractivity contribution is -0.385. The summed E-state index contributed by atoms with van der Waals surface area (Å²) in [5, 5.41) is 14.0. The number of nitro benzene ring substituents is 1. The molecule has 0 atom stereocenters. The molecule has 1 aromatic heterocycles. The zero-order valence-corrected chi connectivity index (χ0v) is 17.0. The minimum absolute atomic E-state index is 0.0340. The Kier molecular flexibility index (Phi) is 7.18. The van der Waals surface area contributed by atoms with Crippen molar-refractivity contribution in [1.82, 2.24) is 4.98 Å². The molecule has 0 saturated heterocycles. The molecule has 0 aliphatic heterocycles. The van der Waals surface area contributed by atoms with Gasteiger partial charge in [0.2, 0.25) is 0 Å². The molecule has 0 spiro atoms. The highest BCUT2D eigenvalue weighted by Crippen LogP contribution is 2.34. The summed E-state index contributed by atoms with van der Waals surface area (Å²) < 4.78 is 14.9. The number of ether oxygens (including phenoxy) is 3. The Labute approximate surface area is 174 Å². The molecular weight excluding hydrogens is 429 g/mol. The average molecular weight is 444 g/mol. The lowest BCUT2D eigenvalue weighted by Crippen LogP contribution is -2.22. The first-order valence-electron chi connectivity index (χ1n) is 7.88. The number of amides is 1. The van der Waals surface area contributed by atoms with Gasteiger partial charge >= 0.3 is 5.97 Å². The molecule has 0 saturated carbocycles. The van der Waals surface area contributed by atoms with E-state index >= 15 is 0 Å². The van der Waals surface area contributed by atoms with Crippen molar-refractivity contribution >= 4 is 46.6 Å². The van der Waals surface area contributed by atoms with E-state index < -0.39 is 34.7 Å². The number of methoxy groups -OCH3 is 2. The van der Waals surface area contributed by atoms with Gasteiger partial charge in [-0.2, -0.15) is 0 Å². The lowest BCUT2D eigenvalue weighted by atomic mass is 10.1. The van der Waals surface area contributed by atoms with Gasteiger partial charge in [-0.15, -0.1) is 0 Å². The van der Waals surface area contributed by atoms with Gasteiger partial charge < -0.3 is 19.5 Å². The number of carbonyl (C=O) groups is 2. The quantitative estimate of drug-likeness (QED) is 0.391. The monoisotopic (exact) mass is 443 g/mol. The van der Waals surface area contributed by atoms with Gasteiger partial charge in [0, 0.05) is 6.07 Å². The molecule has 2 aromatic rings. The van der Waals surface area contributed by atoms with Crippen molar-refractivity contribution in [2.24, 2.45) is 0 Å². The number of anilines is 1. The van der Waals surface area contributed by atoms with E-state index in [1.807, 2.05) is 0 Å². The molecule has 0 unspecified atom stereocenters. The maximum Gasteiger partial charge on any atom is 0.345 e. The van der Waals surface area contributed by atoms with Crippen molar-refractivity contribution in [2.45, 2.75) is 6.92 Å². The molecule has 2 rings (SSSR count). The van der Waals surface area contributed by atoms with Crippen molar-refractivity contribution in [1.29, 1.82) is 0 Å². The van der Waals surface area contributed by atoms with Crippen LogP contribution < -0.4 is 14.8 Å². The van der Waals surface area contributed by atoms with E-state index in [1.54, 1.807) is 6.92 Å².